The highest BCUT2D eigenvalue weighted by Crippen LogP contribution is 2.45. The lowest BCUT2D eigenvalue weighted by Crippen LogP contribution is -2.31. The predicted octanol–water partition coefficient (Wildman–Crippen LogP) is 7.09. The SMILES string of the molecule is CNP(=O)(COC1(C)C=C(C)C(Cc2ccc(O)c(C(C)C)c2)=C(C)C1)OCc1ccccc1. The highest BCUT2D eigenvalue weighted by Gasteiger charge is 2.33. The second-order valence-corrected chi connectivity index (χ2v) is 12.0. The van der Waals surface area contributed by atoms with Crippen LogP contribution in [0.2, 0.25) is 0 Å². The molecule has 0 aliphatic heterocycles. The van der Waals surface area contributed by atoms with Gasteiger partial charge >= 0.3 is 0 Å². The van der Waals surface area contributed by atoms with E-state index in [0.717, 1.165) is 29.5 Å². The Morgan fingerprint density at radius 3 is 2.44 bits per heavy atom. The van der Waals surface area contributed by atoms with Gasteiger partial charge in [-0.1, -0.05) is 61.9 Å². The Morgan fingerprint density at radius 2 is 1.82 bits per heavy atom. The van der Waals surface area contributed by atoms with Crippen molar-refractivity contribution in [1.82, 2.24) is 5.09 Å². The summed E-state index contributed by atoms with van der Waals surface area (Å²) in [6.45, 7) is 10.7. The minimum Gasteiger partial charge on any atom is -0.508 e. The smallest absolute Gasteiger partial charge is 0.295 e. The van der Waals surface area contributed by atoms with Gasteiger partial charge in [0.2, 0.25) is 0 Å². The Morgan fingerprint density at radius 1 is 1.12 bits per heavy atom. The third-order valence-electron chi connectivity index (χ3n) is 6.41. The molecule has 0 saturated carbocycles. The van der Waals surface area contributed by atoms with E-state index in [9.17, 15) is 9.67 Å². The molecule has 0 aromatic heterocycles. The van der Waals surface area contributed by atoms with Crippen molar-refractivity contribution < 1.29 is 18.9 Å². The van der Waals surface area contributed by atoms with Crippen LogP contribution in [-0.4, -0.2) is 24.1 Å². The monoisotopic (exact) mass is 483 g/mol. The summed E-state index contributed by atoms with van der Waals surface area (Å²) < 4.78 is 25.2. The van der Waals surface area contributed by atoms with Crippen molar-refractivity contribution >= 4 is 7.52 Å². The van der Waals surface area contributed by atoms with Crippen LogP contribution in [-0.2, 0) is 26.9 Å². The van der Waals surface area contributed by atoms with E-state index in [-0.39, 0.29) is 18.9 Å². The first-order valence-corrected chi connectivity index (χ1v) is 13.7. The van der Waals surface area contributed by atoms with Gasteiger partial charge in [-0.25, -0.2) is 5.09 Å². The van der Waals surface area contributed by atoms with Gasteiger partial charge in [-0.2, -0.15) is 0 Å². The topological polar surface area (TPSA) is 67.8 Å². The molecule has 0 amide bonds. The molecule has 0 radical (unpaired) electrons. The first-order chi connectivity index (χ1) is 16.0. The van der Waals surface area contributed by atoms with E-state index >= 15 is 0 Å². The van der Waals surface area contributed by atoms with Crippen molar-refractivity contribution in [3.05, 3.63) is 88.0 Å². The maximum atomic E-state index is 13.2. The number of rotatable bonds is 10. The largest absolute Gasteiger partial charge is 0.508 e. The lowest BCUT2D eigenvalue weighted by Gasteiger charge is -2.34. The van der Waals surface area contributed by atoms with Gasteiger partial charge < -0.3 is 14.4 Å². The van der Waals surface area contributed by atoms with Crippen LogP contribution in [0.3, 0.4) is 0 Å². The average molecular weight is 484 g/mol. The number of benzene rings is 2. The minimum absolute atomic E-state index is 0.00502. The number of phenolic OH excluding ortho intramolecular Hbond substituents is 1. The molecule has 0 heterocycles. The zero-order valence-electron chi connectivity index (χ0n) is 21.2. The average Bonchev–Trinajstić information content (AvgIpc) is 2.80. The number of aromatic hydroxyl groups is 1. The fourth-order valence-electron chi connectivity index (χ4n) is 4.48. The van der Waals surface area contributed by atoms with E-state index in [1.165, 1.54) is 16.7 Å². The molecular formula is C28H38NO4P. The number of allylic oxidation sites excluding steroid dienone is 2. The van der Waals surface area contributed by atoms with Gasteiger partial charge in [-0.15, -0.1) is 0 Å². The third-order valence-corrected chi connectivity index (χ3v) is 8.11. The molecule has 2 aromatic rings. The molecule has 1 aliphatic rings. The zero-order valence-corrected chi connectivity index (χ0v) is 22.1. The summed E-state index contributed by atoms with van der Waals surface area (Å²) >= 11 is 0. The Balaban J connectivity index is 1.68. The highest BCUT2D eigenvalue weighted by atomic mass is 31.2. The van der Waals surface area contributed by atoms with E-state index in [0.29, 0.717) is 5.75 Å². The number of hydrogen-bond donors (Lipinski definition) is 2. The number of ether oxygens (including phenoxy) is 1. The van der Waals surface area contributed by atoms with E-state index in [1.807, 2.05) is 43.3 Å². The minimum atomic E-state index is -3.15. The van der Waals surface area contributed by atoms with E-state index < -0.39 is 13.1 Å². The maximum absolute atomic E-state index is 13.2. The van der Waals surface area contributed by atoms with Gasteiger partial charge in [0.1, 0.15) is 12.1 Å². The summed E-state index contributed by atoms with van der Waals surface area (Å²) in [5, 5.41) is 13.0. The van der Waals surface area contributed by atoms with Crippen molar-refractivity contribution in [2.75, 3.05) is 13.4 Å². The van der Waals surface area contributed by atoms with Gasteiger partial charge in [0.15, 0.2) is 0 Å². The molecule has 6 heteroatoms. The van der Waals surface area contributed by atoms with Gasteiger partial charge in [0.05, 0.1) is 12.2 Å². The molecule has 0 fully saturated rings. The Bertz CT molecular complexity index is 1110. The van der Waals surface area contributed by atoms with Crippen molar-refractivity contribution in [3.8, 4) is 5.75 Å². The lowest BCUT2D eigenvalue weighted by molar-refractivity contribution is 0.0257. The Hall–Kier alpha value is -2.17. The quantitative estimate of drug-likeness (QED) is 0.353. The van der Waals surface area contributed by atoms with Crippen LogP contribution in [0.1, 0.15) is 63.6 Å². The summed E-state index contributed by atoms with van der Waals surface area (Å²) in [5.74, 6) is 0.617. The van der Waals surface area contributed by atoms with Crippen LogP contribution in [0.15, 0.2) is 71.3 Å². The molecule has 1 aliphatic carbocycles. The molecule has 2 unspecified atom stereocenters. The van der Waals surface area contributed by atoms with Crippen molar-refractivity contribution in [2.45, 2.75) is 65.6 Å². The summed E-state index contributed by atoms with van der Waals surface area (Å²) in [6.07, 6.45) is 3.65. The number of nitrogens with one attached hydrogen (secondary N) is 1. The Labute approximate surface area is 204 Å². The fraction of sp³-hybridized carbons (Fsp3) is 0.429. The van der Waals surface area contributed by atoms with Gasteiger partial charge in [0.25, 0.3) is 7.52 Å². The fourth-order valence-corrected chi connectivity index (χ4v) is 5.64. The summed E-state index contributed by atoms with van der Waals surface area (Å²) in [5.41, 5.74) is 6.27. The normalized spacial score (nSPS) is 20.4. The van der Waals surface area contributed by atoms with E-state index in [2.05, 4.69) is 44.9 Å². The first kappa shape index (κ1) is 26.4. The molecule has 2 aromatic carbocycles. The van der Waals surface area contributed by atoms with E-state index in [1.54, 1.807) is 13.1 Å². The first-order valence-electron chi connectivity index (χ1n) is 11.8. The van der Waals surface area contributed by atoms with Crippen LogP contribution in [0, 0.1) is 0 Å². The molecular weight excluding hydrogens is 445 g/mol. The Kier molecular flexibility index (Phi) is 8.59. The summed E-state index contributed by atoms with van der Waals surface area (Å²) in [4.78, 5) is 0. The van der Waals surface area contributed by atoms with Gasteiger partial charge in [-0.05, 0) is 80.1 Å². The molecule has 5 nitrogen and oxygen atoms in total. The number of hydrogen-bond acceptors (Lipinski definition) is 4. The second kappa shape index (κ2) is 11.0. The zero-order chi connectivity index (χ0) is 24.9. The van der Waals surface area contributed by atoms with Crippen LogP contribution >= 0.6 is 7.52 Å². The van der Waals surface area contributed by atoms with Crippen molar-refractivity contribution in [2.24, 2.45) is 0 Å². The van der Waals surface area contributed by atoms with Crippen LogP contribution in [0.4, 0.5) is 0 Å². The molecule has 2 atom stereocenters. The second-order valence-electron chi connectivity index (χ2n) is 9.73. The third kappa shape index (κ3) is 6.70. The number of phenols is 1. The molecule has 0 spiro atoms. The van der Waals surface area contributed by atoms with Gasteiger partial charge in [-0.3, -0.25) is 4.57 Å². The van der Waals surface area contributed by atoms with Crippen LogP contribution in [0.5, 0.6) is 5.75 Å². The molecule has 0 saturated heterocycles. The molecule has 0 bridgehead atoms. The molecule has 34 heavy (non-hydrogen) atoms. The highest BCUT2D eigenvalue weighted by molar-refractivity contribution is 7.56. The summed E-state index contributed by atoms with van der Waals surface area (Å²) in [6, 6.07) is 15.6. The predicted molar refractivity (Wildman–Crippen MR) is 139 cm³/mol. The summed E-state index contributed by atoms with van der Waals surface area (Å²) in [7, 11) is -1.50. The van der Waals surface area contributed by atoms with Crippen LogP contribution < -0.4 is 5.09 Å². The van der Waals surface area contributed by atoms with Crippen molar-refractivity contribution in [3.63, 3.8) is 0 Å². The van der Waals surface area contributed by atoms with Crippen molar-refractivity contribution in [1.29, 1.82) is 0 Å². The maximum Gasteiger partial charge on any atom is 0.295 e. The molecule has 184 valence electrons. The molecule has 2 N–H and O–H groups in total. The molecule has 3 rings (SSSR count). The lowest BCUT2D eigenvalue weighted by atomic mass is 9.81. The standard InChI is InChI=1S/C28H38NO4P/c1-20(2)25-14-24(12-13-27(25)30)15-26-21(3)16-28(5,17-22(26)4)32-19-34(31,29-6)33-18-23-10-8-7-9-11-23/h7-14,16,20,30H,15,17-19H2,1-6H3,(H,29,31). The van der Waals surface area contributed by atoms with E-state index in [4.69, 9.17) is 9.26 Å². The van der Waals surface area contributed by atoms with Crippen LogP contribution in [0.25, 0.3) is 0 Å². The van der Waals surface area contributed by atoms with Gasteiger partial charge in [0, 0.05) is 6.42 Å².